The van der Waals surface area contributed by atoms with Crippen molar-refractivity contribution in [2.75, 3.05) is 0 Å². The summed E-state index contributed by atoms with van der Waals surface area (Å²) in [6.07, 6.45) is 10.7. The fourth-order valence-corrected chi connectivity index (χ4v) is 3.12. The molecule has 2 heteroatoms. The first-order valence-corrected chi connectivity index (χ1v) is 7.36. The van der Waals surface area contributed by atoms with Gasteiger partial charge in [0.05, 0.1) is 0 Å². The standard InChI is InChI=1S/C16H26N2/c1-13(2)10-15-4-3-5-16(11-15)18-12-14-6-8-17-9-7-14/h6-9,13,15-16,18H,3-5,10-12H2,1-2H3. The highest BCUT2D eigenvalue weighted by Crippen LogP contribution is 2.29. The first-order valence-electron chi connectivity index (χ1n) is 7.36. The molecule has 0 aliphatic heterocycles. The Morgan fingerprint density at radius 3 is 2.78 bits per heavy atom. The third-order valence-corrected chi connectivity index (χ3v) is 3.93. The maximum Gasteiger partial charge on any atom is 0.0271 e. The molecule has 0 bridgehead atoms. The zero-order chi connectivity index (χ0) is 12.8. The molecule has 1 saturated carbocycles. The monoisotopic (exact) mass is 246 g/mol. The van der Waals surface area contributed by atoms with Crippen LogP contribution in [-0.4, -0.2) is 11.0 Å². The average Bonchev–Trinajstić information content (AvgIpc) is 2.37. The number of rotatable bonds is 5. The van der Waals surface area contributed by atoms with Gasteiger partial charge in [-0.15, -0.1) is 0 Å². The van der Waals surface area contributed by atoms with Gasteiger partial charge >= 0.3 is 0 Å². The Kier molecular flexibility index (Phi) is 5.18. The Bertz CT molecular complexity index is 334. The van der Waals surface area contributed by atoms with Crippen LogP contribution in [0.25, 0.3) is 0 Å². The molecule has 2 rings (SSSR count). The fraction of sp³-hybridized carbons (Fsp3) is 0.688. The van der Waals surface area contributed by atoms with Crippen molar-refractivity contribution in [3.63, 3.8) is 0 Å². The molecule has 18 heavy (non-hydrogen) atoms. The summed E-state index contributed by atoms with van der Waals surface area (Å²) in [4.78, 5) is 4.06. The van der Waals surface area contributed by atoms with E-state index in [-0.39, 0.29) is 0 Å². The number of nitrogens with one attached hydrogen (secondary N) is 1. The zero-order valence-electron chi connectivity index (χ0n) is 11.7. The van der Waals surface area contributed by atoms with Gasteiger partial charge in [0.2, 0.25) is 0 Å². The van der Waals surface area contributed by atoms with E-state index in [2.05, 4.69) is 36.3 Å². The van der Waals surface area contributed by atoms with E-state index < -0.39 is 0 Å². The molecule has 0 spiro atoms. The zero-order valence-corrected chi connectivity index (χ0v) is 11.7. The molecule has 100 valence electrons. The van der Waals surface area contributed by atoms with Crippen molar-refractivity contribution in [3.05, 3.63) is 30.1 Å². The Hall–Kier alpha value is -0.890. The number of hydrogen-bond acceptors (Lipinski definition) is 2. The highest BCUT2D eigenvalue weighted by atomic mass is 14.9. The Balaban J connectivity index is 1.76. The van der Waals surface area contributed by atoms with Crippen LogP contribution < -0.4 is 5.32 Å². The third-order valence-electron chi connectivity index (χ3n) is 3.93. The van der Waals surface area contributed by atoms with Gasteiger partial charge in [-0.2, -0.15) is 0 Å². The molecule has 1 aliphatic rings. The molecule has 0 radical (unpaired) electrons. The van der Waals surface area contributed by atoms with E-state index in [0.29, 0.717) is 0 Å². The summed E-state index contributed by atoms with van der Waals surface area (Å²) in [5.41, 5.74) is 1.34. The van der Waals surface area contributed by atoms with Crippen LogP contribution in [0.4, 0.5) is 0 Å². The summed E-state index contributed by atoms with van der Waals surface area (Å²) in [5.74, 6) is 1.78. The summed E-state index contributed by atoms with van der Waals surface area (Å²) in [5, 5.41) is 3.71. The lowest BCUT2D eigenvalue weighted by atomic mass is 9.81. The molecule has 2 atom stereocenters. The van der Waals surface area contributed by atoms with Crippen molar-refractivity contribution in [3.8, 4) is 0 Å². The Morgan fingerprint density at radius 2 is 2.06 bits per heavy atom. The molecular formula is C16H26N2. The average molecular weight is 246 g/mol. The quantitative estimate of drug-likeness (QED) is 0.855. The van der Waals surface area contributed by atoms with Crippen LogP contribution in [0.2, 0.25) is 0 Å². The molecule has 0 aromatic carbocycles. The molecule has 0 amide bonds. The predicted molar refractivity (Wildman–Crippen MR) is 76.3 cm³/mol. The van der Waals surface area contributed by atoms with Crippen LogP contribution in [0.5, 0.6) is 0 Å². The molecule has 1 aromatic heterocycles. The second kappa shape index (κ2) is 6.89. The van der Waals surface area contributed by atoms with Gasteiger partial charge in [-0.1, -0.05) is 26.7 Å². The highest BCUT2D eigenvalue weighted by Gasteiger charge is 2.21. The first-order chi connectivity index (χ1) is 8.74. The van der Waals surface area contributed by atoms with Crippen molar-refractivity contribution in [1.82, 2.24) is 10.3 Å². The van der Waals surface area contributed by atoms with E-state index in [9.17, 15) is 0 Å². The maximum absolute atomic E-state index is 4.06. The van der Waals surface area contributed by atoms with Gasteiger partial charge in [0, 0.05) is 25.0 Å². The van der Waals surface area contributed by atoms with Gasteiger partial charge in [-0.25, -0.2) is 0 Å². The first kappa shape index (κ1) is 13.5. The van der Waals surface area contributed by atoms with Crippen molar-refractivity contribution < 1.29 is 0 Å². The van der Waals surface area contributed by atoms with Crippen molar-refractivity contribution in [1.29, 1.82) is 0 Å². The minimum Gasteiger partial charge on any atom is -0.310 e. The molecule has 1 heterocycles. The van der Waals surface area contributed by atoms with E-state index >= 15 is 0 Å². The van der Waals surface area contributed by atoms with Crippen molar-refractivity contribution in [2.24, 2.45) is 11.8 Å². The Labute approximate surface area is 111 Å². The highest BCUT2D eigenvalue weighted by molar-refractivity contribution is 5.09. The number of nitrogens with zero attached hydrogens (tertiary/aromatic N) is 1. The topological polar surface area (TPSA) is 24.9 Å². The lowest BCUT2D eigenvalue weighted by Crippen LogP contribution is -2.34. The molecule has 1 N–H and O–H groups in total. The van der Waals surface area contributed by atoms with Crippen LogP contribution in [0.15, 0.2) is 24.5 Å². The maximum atomic E-state index is 4.06. The minimum absolute atomic E-state index is 0.718. The van der Waals surface area contributed by atoms with Gasteiger partial charge in [-0.3, -0.25) is 4.98 Å². The summed E-state index contributed by atoms with van der Waals surface area (Å²) >= 11 is 0. The summed E-state index contributed by atoms with van der Waals surface area (Å²) < 4.78 is 0. The van der Waals surface area contributed by atoms with E-state index in [1.807, 2.05) is 12.4 Å². The number of pyridine rings is 1. The minimum atomic E-state index is 0.718. The number of aromatic nitrogens is 1. The Morgan fingerprint density at radius 1 is 1.28 bits per heavy atom. The van der Waals surface area contributed by atoms with E-state index in [1.54, 1.807) is 0 Å². The van der Waals surface area contributed by atoms with Gasteiger partial charge < -0.3 is 5.32 Å². The van der Waals surface area contributed by atoms with Crippen LogP contribution in [0, 0.1) is 11.8 Å². The normalized spacial score (nSPS) is 24.4. The summed E-state index contributed by atoms with van der Waals surface area (Å²) in [6, 6.07) is 4.92. The van der Waals surface area contributed by atoms with Crippen LogP contribution in [-0.2, 0) is 6.54 Å². The van der Waals surface area contributed by atoms with Gasteiger partial charge in [-0.05, 0) is 48.8 Å². The molecule has 2 nitrogen and oxygen atoms in total. The second-order valence-corrected chi connectivity index (χ2v) is 6.10. The van der Waals surface area contributed by atoms with E-state index in [4.69, 9.17) is 0 Å². The molecular weight excluding hydrogens is 220 g/mol. The molecule has 2 unspecified atom stereocenters. The molecule has 1 aromatic rings. The second-order valence-electron chi connectivity index (χ2n) is 6.10. The lowest BCUT2D eigenvalue weighted by molar-refractivity contribution is 0.252. The predicted octanol–water partition coefficient (Wildman–Crippen LogP) is 3.78. The summed E-state index contributed by atoms with van der Waals surface area (Å²) in [6.45, 7) is 5.67. The third kappa shape index (κ3) is 4.41. The fourth-order valence-electron chi connectivity index (χ4n) is 3.12. The van der Waals surface area contributed by atoms with Crippen LogP contribution in [0.1, 0.15) is 51.5 Å². The van der Waals surface area contributed by atoms with E-state index in [0.717, 1.165) is 24.4 Å². The smallest absolute Gasteiger partial charge is 0.0271 e. The van der Waals surface area contributed by atoms with Crippen molar-refractivity contribution >= 4 is 0 Å². The van der Waals surface area contributed by atoms with E-state index in [1.165, 1.54) is 37.7 Å². The number of hydrogen-bond donors (Lipinski definition) is 1. The lowest BCUT2D eigenvalue weighted by Gasteiger charge is -2.31. The van der Waals surface area contributed by atoms with Gasteiger partial charge in [0.1, 0.15) is 0 Å². The van der Waals surface area contributed by atoms with Crippen molar-refractivity contribution in [2.45, 2.75) is 58.5 Å². The van der Waals surface area contributed by atoms with Gasteiger partial charge in [0.15, 0.2) is 0 Å². The molecule has 1 aliphatic carbocycles. The SMILES string of the molecule is CC(C)CC1CCCC(NCc2ccncc2)C1. The summed E-state index contributed by atoms with van der Waals surface area (Å²) in [7, 11) is 0. The van der Waals surface area contributed by atoms with Crippen LogP contribution >= 0.6 is 0 Å². The molecule has 0 saturated heterocycles. The van der Waals surface area contributed by atoms with Gasteiger partial charge in [0.25, 0.3) is 0 Å². The molecule has 1 fully saturated rings. The van der Waals surface area contributed by atoms with Crippen LogP contribution in [0.3, 0.4) is 0 Å². The largest absolute Gasteiger partial charge is 0.310 e.